The van der Waals surface area contributed by atoms with Crippen molar-refractivity contribution >= 4 is 28.3 Å². The molecule has 0 radical (unpaired) electrons. The maximum Gasteiger partial charge on any atom is 0.303 e. The third-order valence-electron chi connectivity index (χ3n) is 14.0. The standard InChI is InChI=1S/C43H54O19/c1-16-11-22-28(32(48)30-29(33(22)51-8)23(12-17(2)31(30)47)58-26-14-39(7,49)36(18(3)55-26)57-21(6)45)34-27(16)35-37-42(60-34,40(15-54-40)43(61-35,62-37)38(52-9)53-10)59-25-13-24(46)41(50,19(4)44)20(5)56-25/h11,17-18,20,23-26,35-38,46,48-50H,12-15H2,1-10H3/t17-,18+,20+,23-,24+,25-,26-,35?,36+,37?,39+,40?,41+,42+,43-/m0/s1. The molecule has 1 aliphatic carbocycles. The van der Waals surface area contributed by atoms with Crippen LogP contribution >= 0.6 is 0 Å². The molecular weight excluding hydrogens is 820 g/mol. The molecule has 19 nitrogen and oxygen atoms in total. The van der Waals surface area contributed by atoms with Gasteiger partial charge in [0, 0.05) is 56.4 Å². The van der Waals surface area contributed by atoms with E-state index in [2.05, 4.69) is 0 Å². The van der Waals surface area contributed by atoms with Gasteiger partial charge in [0.2, 0.25) is 11.9 Å². The van der Waals surface area contributed by atoms with Crippen molar-refractivity contribution < 1.29 is 91.7 Å². The topological polar surface area (TPSA) is 246 Å². The molecule has 0 saturated carbocycles. The van der Waals surface area contributed by atoms with Gasteiger partial charge in [-0.15, -0.1) is 0 Å². The zero-order valence-corrected chi connectivity index (χ0v) is 36.2. The zero-order chi connectivity index (χ0) is 44.8. The van der Waals surface area contributed by atoms with Gasteiger partial charge in [-0.05, 0) is 52.7 Å². The highest BCUT2D eigenvalue weighted by molar-refractivity contribution is 6.12. The van der Waals surface area contributed by atoms with Crippen LogP contribution in [0.2, 0.25) is 0 Å². The van der Waals surface area contributed by atoms with Gasteiger partial charge >= 0.3 is 5.97 Å². The number of aliphatic hydroxyl groups excluding tert-OH is 1. The summed E-state index contributed by atoms with van der Waals surface area (Å²) in [4.78, 5) is 38.7. The minimum Gasteiger partial charge on any atom is -0.506 e. The van der Waals surface area contributed by atoms with Crippen LogP contribution in [-0.2, 0) is 57.0 Å². The highest BCUT2D eigenvalue weighted by Gasteiger charge is 2.94. The van der Waals surface area contributed by atoms with Crippen LogP contribution in [0.5, 0.6) is 17.2 Å². The third-order valence-corrected chi connectivity index (χ3v) is 14.0. The molecule has 1 spiro atoms. The number of phenolic OH excluding ortho intramolecular Hbond substituents is 1. The number of carbonyl (C=O) groups excluding carboxylic acids is 3. The van der Waals surface area contributed by atoms with E-state index in [1.165, 1.54) is 42.1 Å². The number of Topliss-reactive ketones (excluding diaryl/α,β-unsaturated/α-hetero) is 2. The van der Waals surface area contributed by atoms with Crippen LogP contribution in [-0.4, -0.2) is 144 Å². The Morgan fingerprint density at radius 3 is 2.26 bits per heavy atom. The second kappa shape index (κ2) is 14.5. The van der Waals surface area contributed by atoms with Gasteiger partial charge in [-0.1, -0.05) is 6.92 Å². The number of hydrogen-bond donors (Lipinski definition) is 4. The first-order chi connectivity index (χ1) is 29.2. The molecule has 0 amide bonds. The van der Waals surface area contributed by atoms with E-state index in [-0.39, 0.29) is 53.9 Å². The molecule has 7 aliphatic rings. The SMILES string of the molecule is COc1c2c(c(O)c3c4c(c(C)cc13)C1O[C@@]3(C(OC)OC)OC1[C@@](O[C@H]1C[C@@H](O)[C@@](O)(C(C)=O)[C@@H](C)O1)(O4)C31CO1)C(=O)[C@@H](C)C[C@@H]2O[C@H]1C[C@@](C)(O)[C@H](OC(C)=O)[C@@H](C)O1. The monoisotopic (exact) mass is 874 g/mol. The van der Waals surface area contributed by atoms with Crippen molar-refractivity contribution in [3.8, 4) is 17.2 Å². The molecule has 62 heavy (non-hydrogen) atoms. The van der Waals surface area contributed by atoms with E-state index in [1.54, 1.807) is 19.9 Å². The summed E-state index contributed by atoms with van der Waals surface area (Å²) in [6.45, 7) is 10.5. The molecule has 15 atom stereocenters. The average Bonchev–Trinajstić information content (AvgIpc) is 3.86. The maximum atomic E-state index is 14.3. The van der Waals surface area contributed by atoms with E-state index in [4.69, 9.17) is 56.8 Å². The van der Waals surface area contributed by atoms with Crippen LogP contribution in [0.15, 0.2) is 6.07 Å². The van der Waals surface area contributed by atoms with Crippen LogP contribution in [0, 0.1) is 12.8 Å². The Kier molecular flexibility index (Phi) is 10.2. The summed E-state index contributed by atoms with van der Waals surface area (Å²) in [5.41, 5.74) is -4.10. The molecule has 4 N–H and O–H groups in total. The number of fused-ring (bicyclic) bond motifs is 8. The molecule has 9 rings (SSSR count). The van der Waals surface area contributed by atoms with Crippen LogP contribution in [0.25, 0.3) is 10.8 Å². The Balaban J connectivity index is 1.18. The number of ketones is 2. The van der Waals surface area contributed by atoms with Crippen molar-refractivity contribution in [2.45, 2.75) is 158 Å². The fourth-order valence-corrected chi connectivity index (χ4v) is 11.0. The molecule has 2 aromatic carbocycles. The van der Waals surface area contributed by atoms with E-state index in [9.17, 15) is 34.8 Å². The molecule has 19 heteroatoms. The summed E-state index contributed by atoms with van der Waals surface area (Å²) < 4.78 is 75.5. The van der Waals surface area contributed by atoms with Crippen LogP contribution in [0.4, 0.5) is 0 Å². The first-order valence-corrected chi connectivity index (χ1v) is 20.8. The summed E-state index contributed by atoms with van der Waals surface area (Å²) in [5, 5.41) is 46.8. The number of rotatable bonds is 10. The number of aliphatic hydroxyl groups is 3. The lowest BCUT2D eigenvalue weighted by molar-refractivity contribution is -0.385. The first kappa shape index (κ1) is 43.7. The predicted octanol–water partition coefficient (Wildman–Crippen LogP) is 2.44. The number of epoxide rings is 1. The number of aryl methyl sites for hydroxylation is 1. The summed E-state index contributed by atoms with van der Waals surface area (Å²) in [7, 11) is 4.25. The van der Waals surface area contributed by atoms with Gasteiger partial charge in [0.15, 0.2) is 42.0 Å². The van der Waals surface area contributed by atoms with E-state index < -0.39 is 119 Å². The van der Waals surface area contributed by atoms with Gasteiger partial charge in [0.05, 0.1) is 49.1 Å². The van der Waals surface area contributed by atoms with Crippen molar-refractivity contribution in [3.05, 3.63) is 28.3 Å². The molecule has 5 fully saturated rings. The second-order valence-electron chi connectivity index (χ2n) is 17.9. The van der Waals surface area contributed by atoms with E-state index in [0.717, 1.165) is 6.92 Å². The Morgan fingerprint density at radius 1 is 0.984 bits per heavy atom. The van der Waals surface area contributed by atoms with Gasteiger partial charge in [-0.25, -0.2) is 0 Å². The minimum absolute atomic E-state index is 0.0587. The second-order valence-corrected chi connectivity index (χ2v) is 17.9. The largest absolute Gasteiger partial charge is 0.506 e. The molecular formula is C43H54O19. The Hall–Kier alpha value is -3.57. The molecule has 5 saturated heterocycles. The van der Waals surface area contributed by atoms with Crippen molar-refractivity contribution in [2.75, 3.05) is 27.9 Å². The number of methoxy groups -OCH3 is 3. The highest BCUT2D eigenvalue weighted by atomic mass is 16.9. The van der Waals surface area contributed by atoms with E-state index in [1.807, 2.05) is 6.92 Å². The minimum atomic E-state index is -2.22. The summed E-state index contributed by atoms with van der Waals surface area (Å²) in [5.74, 6) is -6.25. The molecule has 3 unspecified atom stereocenters. The van der Waals surface area contributed by atoms with Crippen LogP contribution < -0.4 is 9.47 Å². The number of esters is 1. The van der Waals surface area contributed by atoms with Crippen LogP contribution in [0.3, 0.4) is 0 Å². The van der Waals surface area contributed by atoms with Gasteiger partial charge in [0.25, 0.3) is 11.6 Å². The zero-order valence-electron chi connectivity index (χ0n) is 36.2. The van der Waals surface area contributed by atoms with E-state index in [0.29, 0.717) is 16.5 Å². The first-order valence-electron chi connectivity index (χ1n) is 20.8. The molecule has 2 aromatic rings. The average molecular weight is 875 g/mol. The quantitative estimate of drug-likeness (QED) is 0.152. The predicted molar refractivity (Wildman–Crippen MR) is 207 cm³/mol. The van der Waals surface area contributed by atoms with Gasteiger partial charge < -0.3 is 77.3 Å². The highest BCUT2D eigenvalue weighted by Crippen LogP contribution is 2.72. The van der Waals surface area contributed by atoms with Crippen molar-refractivity contribution in [1.29, 1.82) is 0 Å². The number of aromatic hydroxyl groups is 1. The molecule has 340 valence electrons. The Bertz CT molecular complexity index is 2200. The lowest BCUT2D eigenvalue weighted by Crippen LogP contribution is -2.72. The third kappa shape index (κ3) is 5.70. The molecule has 6 aliphatic heterocycles. The lowest BCUT2D eigenvalue weighted by atomic mass is 9.76. The van der Waals surface area contributed by atoms with E-state index >= 15 is 0 Å². The van der Waals surface area contributed by atoms with Crippen molar-refractivity contribution in [3.63, 3.8) is 0 Å². The smallest absolute Gasteiger partial charge is 0.303 e. The summed E-state index contributed by atoms with van der Waals surface area (Å²) >= 11 is 0. The number of carbonyl (C=O) groups is 3. The Labute approximate surface area is 356 Å². The van der Waals surface area contributed by atoms with Crippen molar-refractivity contribution in [1.82, 2.24) is 0 Å². The van der Waals surface area contributed by atoms with Crippen LogP contribution in [0.1, 0.15) is 100 Å². The number of benzene rings is 2. The fourth-order valence-electron chi connectivity index (χ4n) is 11.0. The molecule has 0 aromatic heterocycles. The Morgan fingerprint density at radius 2 is 1.68 bits per heavy atom. The number of ether oxygens (including phenoxy) is 12. The normalized spacial score (nSPS) is 42.8. The molecule has 6 heterocycles. The summed E-state index contributed by atoms with van der Waals surface area (Å²) in [6.07, 6.45) is -11.3. The maximum absolute atomic E-state index is 14.3. The van der Waals surface area contributed by atoms with Gasteiger partial charge in [-0.2, -0.15) is 0 Å². The lowest BCUT2D eigenvalue weighted by Gasteiger charge is -2.52. The van der Waals surface area contributed by atoms with Gasteiger partial charge in [0.1, 0.15) is 29.0 Å². The fraction of sp³-hybridized carbons (Fsp3) is 0.698. The van der Waals surface area contributed by atoms with Gasteiger partial charge in [-0.3, -0.25) is 14.4 Å². The number of phenols is 1. The summed E-state index contributed by atoms with van der Waals surface area (Å²) in [6, 6.07) is 1.78. The van der Waals surface area contributed by atoms with Crippen molar-refractivity contribution in [2.24, 2.45) is 5.92 Å². The molecule has 2 bridgehead atoms. The number of hydrogen-bond acceptors (Lipinski definition) is 19.